The molecular formula is C22H25NO6. The molecule has 1 aliphatic rings. The van der Waals surface area contributed by atoms with Gasteiger partial charge in [0.25, 0.3) is 5.91 Å². The van der Waals surface area contributed by atoms with E-state index in [1.807, 2.05) is 36.4 Å². The highest BCUT2D eigenvalue weighted by Crippen LogP contribution is 2.21. The van der Waals surface area contributed by atoms with Gasteiger partial charge in [-0.25, -0.2) is 9.59 Å². The molecule has 3 rings (SSSR count). The zero-order valence-electron chi connectivity index (χ0n) is 16.5. The Hall–Kier alpha value is -3.09. The number of amides is 1. The average molecular weight is 399 g/mol. The van der Waals surface area contributed by atoms with E-state index in [0.717, 1.165) is 23.6 Å². The Labute approximate surface area is 169 Å². The summed E-state index contributed by atoms with van der Waals surface area (Å²) >= 11 is 0. The molecule has 0 saturated carbocycles. The third kappa shape index (κ3) is 5.47. The molecule has 1 atom stereocenters. The minimum atomic E-state index is -0.642. The van der Waals surface area contributed by atoms with E-state index in [2.05, 4.69) is 0 Å². The highest BCUT2D eigenvalue weighted by Gasteiger charge is 2.33. The van der Waals surface area contributed by atoms with Crippen LogP contribution in [0.15, 0.2) is 42.5 Å². The topological polar surface area (TPSA) is 82.1 Å². The van der Waals surface area contributed by atoms with E-state index in [9.17, 15) is 14.4 Å². The molecule has 1 fully saturated rings. The number of likely N-dealkylation sites (tertiary alicyclic amines) is 1. The normalized spacial score (nSPS) is 16.3. The van der Waals surface area contributed by atoms with Crippen LogP contribution in [0, 0.1) is 0 Å². The van der Waals surface area contributed by atoms with Gasteiger partial charge in [0.2, 0.25) is 0 Å². The fourth-order valence-electron chi connectivity index (χ4n) is 3.38. The van der Waals surface area contributed by atoms with Crippen LogP contribution in [0.25, 0.3) is 10.8 Å². The SMILES string of the molecule is CCOC(=O)[C@@H]1CCCCN1C(=O)COC(=O)COc1ccc2ccccc2c1. The van der Waals surface area contributed by atoms with Gasteiger partial charge in [-0.3, -0.25) is 4.79 Å². The molecule has 2 aromatic rings. The molecule has 1 heterocycles. The second-order valence-electron chi connectivity index (χ2n) is 6.81. The Morgan fingerprint density at radius 3 is 2.59 bits per heavy atom. The molecule has 0 bridgehead atoms. The number of rotatable bonds is 7. The predicted octanol–water partition coefficient (Wildman–Crippen LogP) is 2.71. The number of benzene rings is 2. The van der Waals surface area contributed by atoms with E-state index in [0.29, 0.717) is 18.7 Å². The number of esters is 2. The van der Waals surface area contributed by atoms with Crippen molar-refractivity contribution < 1.29 is 28.6 Å². The fourth-order valence-corrected chi connectivity index (χ4v) is 3.38. The second-order valence-corrected chi connectivity index (χ2v) is 6.81. The van der Waals surface area contributed by atoms with Crippen LogP contribution in [0.2, 0.25) is 0 Å². The Kier molecular flexibility index (Phi) is 7.05. The van der Waals surface area contributed by atoms with Crippen LogP contribution in [0.3, 0.4) is 0 Å². The lowest BCUT2D eigenvalue weighted by Gasteiger charge is -2.33. The maximum absolute atomic E-state index is 12.4. The first-order valence-corrected chi connectivity index (χ1v) is 9.82. The number of piperidine rings is 1. The zero-order chi connectivity index (χ0) is 20.6. The monoisotopic (exact) mass is 399 g/mol. The maximum Gasteiger partial charge on any atom is 0.344 e. The molecule has 0 aromatic heterocycles. The lowest BCUT2D eigenvalue weighted by molar-refractivity contribution is -0.161. The smallest absolute Gasteiger partial charge is 0.344 e. The Balaban J connectivity index is 1.48. The first-order chi connectivity index (χ1) is 14.1. The molecule has 0 spiro atoms. The molecule has 1 aliphatic heterocycles. The van der Waals surface area contributed by atoms with Gasteiger partial charge < -0.3 is 19.1 Å². The van der Waals surface area contributed by atoms with Gasteiger partial charge in [0, 0.05) is 6.54 Å². The van der Waals surface area contributed by atoms with Crippen molar-refractivity contribution in [2.45, 2.75) is 32.2 Å². The van der Waals surface area contributed by atoms with E-state index >= 15 is 0 Å². The number of fused-ring (bicyclic) bond motifs is 1. The quantitative estimate of drug-likeness (QED) is 0.666. The molecule has 0 aliphatic carbocycles. The van der Waals surface area contributed by atoms with E-state index in [4.69, 9.17) is 14.2 Å². The van der Waals surface area contributed by atoms with Gasteiger partial charge in [-0.2, -0.15) is 0 Å². The fraction of sp³-hybridized carbons (Fsp3) is 0.409. The summed E-state index contributed by atoms with van der Waals surface area (Å²) in [5.41, 5.74) is 0. The number of hydrogen-bond donors (Lipinski definition) is 0. The van der Waals surface area contributed by atoms with E-state index in [1.165, 1.54) is 4.90 Å². The van der Waals surface area contributed by atoms with E-state index < -0.39 is 30.5 Å². The molecule has 1 saturated heterocycles. The maximum atomic E-state index is 12.4. The third-order valence-electron chi connectivity index (χ3n) is 4.82. The van der Waals surface area contributed by atoms with E-state index in [1.54, 1.807) is 13.0 Å². The van der Waals surface area contributed by atoms with Crippen LogP contribution >= 0.6 is 0 Å². The summed E-state index contributed by atoms with van der Waals surface area (Å²) in [5, 5.41) is 2.08. The highest BCUT2D eigenvalue weighted by atomic mass is 16.6. The van der Waals surface area contributed by atoms with Crippen LogP contribution in [0.5, 0.6) is 5.75 Å². The Morgan fingerprint density at radius 1 is 1.00 bits per heavy atom. The number of hydrogen-bond acceptors (Lipinski definition) is 6. The van der Waals surface area contributed by atoms with E-state index in [-0.39, 0.29) is 13.2 Å². The average Bonchev–Trinajstić information content (AvgIpc) is 2.76. The molecule has 1 amide bonds. The number of carbonyl (C=O) groups excluding carboxylic acids is 3. The zero-order valence-corrected chi connectivity index (χ0v) is 16.5. The third-order valence-corrected chi connectivity index (χ3v) is 4.82. The lowest BCUT2D eigenvalue weighted by Crippen LogP contribution is -2.50. The largest absolute Gasteiger partial charge is 0.482 e. The van der Waals surface area contributed by atoms with Gasteiger partial charge >= 0.3 is 11.9 Å². The van der Waals surface area contributed by atoms with Gasteiger partial charge in [-0.15, -0.1) is 0 Å². The number of ether oxygens (including phenoxy) is 3. The summed E-state index contributed by atoms with van der Waals surface area (Å²) in [6, 6.07) is 12.7. The molecule has 2 aromatic carbocycles. The van der Waals surface area contributed by atoms with Crippen molar-refractivity contribution in [3.05, 3.63) is 42.5 Å². The standard InChI is InChI=1S/C22H25NO6/c1-2-27-22(26)19-9-5-6-12-23(19)20(24)14-29-21(25)15-28-18-11-10-16-7-3-4-8-17(16)13-18/h3-4,7-8,10-11,13,19H,2,5-6,9,12,14-15H2,1H3/t19-/m0/s1. The molecule has 154 valence electrons. The Bertz CT molecular complexity index is 880. The first-order valence-electron chi connectivity index (χ1n) is 9.82. The summed E-state index contributed by atoms with van der Waals surface area (Å²) in [7, 11) is 0. The lowest BCUT2D eigenvalue weighted by atomic mass is 10.0. The molecule has 0 unspecified atom stereocenters. The summed E-state index contributed by atoms with van der Waals surface area (Å²) in [6.07, 6.45) is 2.22. The van der Waals surface area contributed by atoms with Gasteiger partial charge in [0.1, 0.15) is 11.8 Å². The van der Waals surface area contributed by atoms with Gasteiger partial charge in [-0.1, -0.05) is 30.3 Å². The molecule has 0 radical (unpaired) electrons. The van der Waals surface area contributed by atoms with Crippen LogP contribution in [0.4, 0.5) is 0 Å². The molecule has 0 N–H and O–H groups in total. The Morgan fingerprint density at radius 2 is 1.79 bits per heavy atom. The van der Waals surface area contributed by atoms with Crippen molar-refractivity contribution in [3.63, 3.8) is 0 Å². The molecule has 7 nitrogen and oxygen atoms in total. The molecular weight excluding hydrogens is 374 g/mol. The summed E-state index contributed by atoms with van der Waals surface area (Å²) in [5.74, 6) is -0.907. The van der Waals surface area contributed by atoms with Gasteiger partial charge in [-0.05, 0) is 49.1 Å². The summed E-state index contributed by atoms with van der Waals surface area (Å²) < 4.78 is 15.6. The van der Waals surface area contributed by atoms with Crippen LogP contribution in [0.1, 0.15) is 26.2 Å². The van der Waals surface area contributed by atoms with Crippen LogP contribution in [-0.2, 0) is 23.9 Å². The minimum Gasteiger partial charge on any atom is -0.482 e. The van der Waals surface area contributed by atoms with Crippen molar-refractivity contribution in [2.75, 3.05) is 26.4 Å². The first kappa shape index (κ1) is 20.6. The van der Waals surface area contributed by atoms with Crippen molar-refractivity contribution in [2.24, 2.45) is 0 Å². The van der Waals surface area contributed by atoms with Crippen molar-refractivity contribution in [3.8, 4) is 5.75 Å². The second kappa shape index (κ2) is 9.91. The van der Waals surface area contributed by atoms with Gasteiger partial charge in [0.15, 0.2) is 13.2 Å². The summed E-state index contributed by atoms with van der Waals surface area (Å²) in [6.45, 7) is 1.72. The highest BCUT2D eigenvalue weighted by molar-refractivity contribution is 5.87. The van der Waals surface area contributed by atoms with Crippen molar-refractivity contribution in [1.29, 1.82) is 0 Å². The van der Waals surface area contributed by atoms with Crippen LogP contribution < -0.4 is 4.74 Å². The summed E-state index contributed by atoms with van der Waals surface area (Å²) in [4.78, 5) is 37.9. The number of nitrogens with zero attached hydrogens (tertiary/aromatic N) is 1. The number of carbonyl (C=O) groups is 3. The molecule has 29 heavy (non-hydrogen) atoms. The minimum absolute atomic E-state index is 0.262. The molecule has 7 heteroatoms. The van der Waals surface area contributed by atoms with Crippen LogP contribution in [-0.4, -0.2) is 55.2 Å². The van der Waals surface area contributed by atoms with Crippen molar-refractivity contribution >= 4 is 28.6 Å². The van der Waals surface area contributed by atoms with Gasteiger partial charge in [0.05, 0.1) is 6.61 Å². The van der Waals surface area contributed by atoms with Crippen molar-refractivity contribution in [1.82, 2.24) is 4.90 Å². The predicted molar refractivity (Wildman–Crippen MR) is 106 cm³/mol.